The molecule has 0 bridgehead atoms. The van der Waals surface area contributed by atoms with Crippen LogP contribution in [-0.2, 0) is 19.6 Å². The van der Waals surface area contributed by atoms with E-state index in [2.05, 4.69) is 15.3 Å². The van der Waals surface area contributed by atoms with E-state index in [0.29, 0.717) is 19.6 Å². The monoisotopic (exact) mass is 336 g/mol. The van der Waals surface area contributed by atoms with E-state index in [1.807, 2.05) is 43.3 Å². The Morgan fingerprint density at radius 1 is 1.28 bits per heavy atom. The number of benzene rings is 2. The predicted molar refractivity (Wildman–Crippen MR) is 95.3 cm³/mol. The number of ether oxygens (including phenoxy) is 1. The molecule has 2 heterocycles. The predicted octanol–water partition coefficient (Wildman–Crippen LogP) is 3.11. The highest BCUT2D eigenvalue weighted by atomic mass is 16.5. The molecule has 1 aliphatic heterocycles. The van der Waals surface area contributed by atoms with E-state index >= 15 is 0 Å². The number of aryl methyl sites for hydroxylation is 1. The topological polar surface area (TPSA) is 70.2 Å². The van der Waals surface area contributed by atoms with Crippen molar-refractivity contribution in [1.29, 1.82) is 0 Å². The lowest BCUT2D eigenvalue weighted by Crippen LogP contribution is -2.36. The molecule has 6 nitrogen and oxygen atoms in total. The lowest BCUT2D eigenvalue weighted by atomic mass is 10.1. The normalized spacial score (nSPS) is 13.1. The van der Waals surface area contributed by atoms with Gasteiger partial charge in [0.1, 0.15) is 11.6 Å². The number of rotatable bonds is 3. The van der Waals surface area contributed by atoms with Crippen LogP contribution in [0.5, 0.6) is 5.75 Å². The molecule has 2 amide bonds. The van der Waals surface area contributed by atoms with Gasteiger partial charge >= 0.3 is 6.03 Å². The van der Waals surface area contributed by atoms with E-state index < -0.39 is 0 Å². The second kappa shape index (κ2) is 6.12. The van der Waals surface area contributed by atoms with Gasteiger partial charge in [0, 0.05) is 13.1 Å². The Balaban J connectivity index is 1.41. The average molecular weight is 336 g/mol. The number of para-hydroxylation sites is 1. The molecule has 0 aliphatic carbocycles. The van der Waals surface area contributed by atoms with E-state index in [4.69, 9.17) is 4.74 Å². The summed E-state index contributed by atoms with van der Waals surface area (Å²) in [6.45, 7) is 3.62. The number of carbonyl (C=O) groups is 1. The molecule has 1 aromatic heterocycles. The summed E-state index contributed by atoms with van der Waals surface area (Å²) in [4.78, 5) is 22.1. The van der Waals surface area contributed by atoms with Crippen molar-refractivity contribution in [3.05, 3.63) is 58.9 Å². The Hall–Kier alpha value is -3.02. The first-order valence-corrected chi connectivity index (χ1v) is 8.27. The molecule has 0 fully saturated rings. The number of hydrogen-bond donors (Lipinski definition) is 2. The summed E-state index contributed by atoms with van der Waals surface area (Å²) in [5, 5.41) is 2.95. The van der Waals surface area contributed by atoms with Gasteiger partial charge in [-0.25, -0.2) is 9.78 Å². The van der Waals surface area contributed by atoms with Crippen LogP contribution in [0.25, 0.3) is 11.0 Å². The molecule has 2 N–H and O–H groups in total. The van der Waals surface area contributed by atoms with Crippen molar-refractivity contribution in [2.24, 2.45) is 0 Å². The number of methoxy groups -OCH3 is 1. The van der Waals surface area contributed by atoms with Gasteiger partial charge in [0.2, 0.25) is 0 Å². The fraction of sp³-hybridized carbons (Fsp3) is 0.263. The number of imidazole rings is 1. The summed E-state index contributed by atoms with van der Waals surface area (Å²) in [5.74, 6) is 1.58. The summed E-state index contributed by atoms with van der Waals surface area (Å²) < 4.78 is 5.25. The van der Waals surface area contributed by atoms with Gasteiger partial charge in [0.15, 0.2) is 0 Å². The molecular formula is C19H20N4O2. The molecule has 128 valence electrons. The maximum Gasteiger partial charge on any atom is 0.318 e. The van der Waals surface area contributed by atoms with Crippen molar-refractivity contribution in [2.75, 3.05) is 7.11 Å². The number of H-pyrrole nitrogens is 1. The van der Waals surface area contributed by atoms with Gasteiger partial charge in [-0.2, -0.15) is 0 Å². The van der Waals surface area contributed by atoms with Crippen LogP contribution in [0.1, 0.15) is 22.5 Å². The van der Waals surface area contributed by atoms with Crippen LogP contribution in [0.4, 0.5) is 4.79 Å². The second-order valence-corrected chi connectivity index (χ2v) is 6.30. The van der Waals surface area contributed by atoms with Crippen LogP contribution >= 0.6 is 0 Å². The summed E-state index contributed by atoms with van der Waals surface area (Å²) in [7, 11) is 1.65. The minimum Gasteiger partial charge on any atom is -0.497 e. The zero-order valence-corrected chi connectivity index (χ0v) is 14.3. The third-order valence-electron chi connectivity index (χ3n) is 4.59. The van der Waals surface area contributed by atoms with Crippen molar-refractivity contribution < 1.29 is 9.53 Å². The Bertz CT molecular complexity index is 948. The highest BCUT2D eigenvalue weighted by molar-refractivity contribution is 5.79. The Labute approximate surface area is 145 Å². The minimum atomic E-state index is -0.0904. The number of aromatic amines is 1. The van der Waals surface area contributed by atoms with Gasteiger partial charge in [-0.3, -0.25) is 0 Å². The Morgan fingerprint density at radius 2 is 2.12 bits per heavy atom. The van der Waals surface area contributed by atoms with Crippen molar-refractivity contribution in [3.63, 3.8) is 0 Å². The molecule has 2 aromatic carbocycles. The number of fused-ring (bicyclic) bond motifs is 2. The maximum absolute atomic E-state index is 12.5. The average Bonchev–Trinajstić information content (AvgIpc) is 3.23. The van der Waals surface area contributed by atoms with Crippen LogP contribution in [0.2, 0.25) is 0 Å². The van der Waals surface area contributed by atoms with Gasteiger partial charge < -0.3 is 19.9 Å². The minimum absolute atomic E-state index is 0.0904. The van der Waals surface area contributed by atoms with Crippen molar-refractivity contribution in [1.82, 2.24) is 20.2 Å². The number of hydrogen-bond acceptors (Lipinski definition) is 3. The second-order valence-electron chi connectivity index (χ2n) is 6.30. The lowest BCUT2D eigenvalue weighted by Gasteiger charge is -2.15. The van der Waals surface area contributed by atoms with Gasteiger partial charge in [-0.15, -0.1) is 0 Å². The SMILES string of the molecule is COc1ccc2c(c1)CN(C(=O)NCc1nc3c(C)cccc3[nH]1)C2. The highest BCUT2D eigenvalue weighted by Crippen LogP contribution is 2.26. The van der Waals surface area contributed by atoms with E-state index in [1.54, 1.807) is 12.0 Å². The first-order chi connectivity index (χ1) is 12.1. The zero-order valence-electron chi connectivity index (χ0n) is 14.3. The largest absolute Gasteiger partial charge is 0.497 e. The number of nitrogens with zero attached hydrogens (tertiary/aromatic N) is 2. The van der Waals surface area contributed by atoms with E-state index in [0.717, 1.165) is 39.3 Å². The van der Waals surface area contributed by atoms with Crippen LogP contribution in [-0.4, -0.2) is 28.0 Å². The third kappa shape index (κ3) is 2.91. The van der Waals surface area contributed by atoms with Crippen molar-refractivity contribution in [2.45, 2.75) is 26.6 Å². The molecule has 0 saturated carbocycles. The standard InChI is InChI=1S/C19H20N4O2/c1-12-4-3-5-16-18(12)22-17(21-16)9-20-19(24)23-10-13-6-7-15(25-2)8-14(13)11-23/h3-8H,9-11H2,1-2H3,(H,20,24)(H,21,22). The summed E-state index contributed by atoms with van der Waals surface area (Å²) in [6.07, 6.45) is 0. The van der Waals surface area contributed by atoms with Crippen molar-refractivity contribution >= 4 is 17.1 Å². The fourth-order valence-electron chi connectivity index (χ4n) is 3.22. The van der Waals surface area contributed by atoms with E-state index in [1.165, 1.54) is 0 Å². The van der Waals surface area contributed by atoms with E-state index in [-0.39, 0.29) is 6.03 Å². The van der Waals surface area contributed by atoms with Crippen LogP contribution in [0.3, 0.4) is 0 Å². The third-order valence-corrected chi connectivity index (χ3v) is 4.59. The quantitative estimate of drug-likeness (QED) is 0.772. The molecule has 3 aromatic rings. The van der Waals surface area contributed by atoms with Crippen molar-refractivity contribution in [3.8, 4) is 5.75 Å². The molecule has 0 unspecified atom stereocenters. The number of amides is 2. The highest BCUT2D eigenvalue weighted by Gasteiger charge is 2.23. The van der Waals surface area contributed by atoms with Crippen LogP contribution in [0, 0.1) is 6.92 Å². The van der Waals surface area contributed by atoms with Crippen LogP contribution in [0.15, 0.2) is 36.4 Å². The molecular weight excluding hydrogens is 316 g/mol. The molecule has 0 radical (unpaired) electrons. The molecule has 1 aliphatic rings. The maximum atomic E-state index is 12.5. The lowest BCUT2D eigenvalue weighted by molar-refractivity contribution is 0.198. The number of carbonyl (C=O) groups excluding carboxylic acids is 1. The molecule has 6 heteroatoms. The van der Waals surface area contributed by atoms with Gasteiger partial charge in [-0.1, -0.05) is 18.2 Å². The molecule has 0 spiro atoms. The number of aromatic nitrogens is 2. The Morgan fingerprint density at radius 3 is 2.92 bits per heavy atom. The van der Waals surface area contributed by atoms with Gasteiger partial charge in [-0.05, 0) is 41.8 Å². The van der Waals surface area contributed by atoms with E-state index in [9.17, 15) is 4.79 Å². The fourth-order valence-corrected chi connectivity index (χ4v) is 3.22. The zero-order chi connectivity index (χ0) is 17.4. The van der Waals surface area contributed by atoms with Gasteiger partial charge in [0.05, 0.1) is 24.7 Å². The smallest absolute Gasteiger partial charge is 0.318 e. The van der Waals surface area contributed by atoms with Crippen LogP contribution < -0.4 is 10.1 Å². The summed E-state index contributed by atoms with van der Waals surface area (Å²) in [5.41, 5.74) is 5.36. The first kappa shape index (κ1) is 15.5. The number of nitrogens with one attached hydrogen (secondary N) is 2. The number of urea groups is 1. The first-order valence-electron chi connectivity index (χ1n) is 8.27. The molecule has 25 heavy (non-hydrogen) atoms. The van der Waals surface area contributed by atoms with Gasteiger partial charge in [0.25, 0.3) is 0 Å². The molecule has 0 atom stereocenters. The Kier molecular flexibility index (Phi) is 3.80. The summed E-state index contributed by atoms with van der Waals surface area (Å²) >= 11 is 0. The summed E-state index contributed by atoms with van der Waals surface area (Å²) in [6, 6.07) is 11.9. The molecule has 4 rings (SSSR count). The molecule has 0 saturated heterocycles.